The summed E-state index contributed by atoms with van der Waals surface area (Å²) >= 11 is 0. The third-order valence-electron chi connectivity index (χ3n) is 4.35. The van der Waals surface area contributed by atoms with Gasteiger partial charge >= 0.3 is 12.0 Å². The van der Waals surface area contributed by atoms with E-state index >= 15 is 0 Å². The Balaban J connectivity index is 2.73. The molecule has 1 atom stereocenters. The van der Waals surface area contributed by atoms with Gasteiger partial charge in [0, 0.05) is 19.1 Å². The molecule has 1 N–H and O–H groups in total. The first-order valence-electron chi connectivity index (χ1n) is 7.72. The molecular formula is C15H28N2O3. The fourth-order valence-corrected chi connectivity index (χ4v) is 2.78. The number of hydrogen-bond donors (Lipinski definition) is 1. The van der Waals surface area contributed by atoms with E-state index in [2.05, 4.69) is 0 Å². The number of hydrogen-bond acceptors (Lipinski definition) is 2. The van der Waals surface area contributed by atoms with E-state index in [-0.39, 0.29) is 24.7 Å². The number of carboxylic acids is 1. The van der Waals surface area contributed by atoms with E-state index in [1.54, 1.807) is 4.90 Å². The molecule has 0 aliphatic heterocycles. The summed E-state index contributed by atoms with van der Waals surface area (Å²) in [5.74, 6) is -0.951. The molecule has 0 bridgehead atoms. The Labute approximate surface area is 121 Å². The Morgan fingerprint density at radius 2 is 1.75 bits per heavy atom. The minimum atomic E-state index is -0.951. The SMILES string of the molecule is CCC(C)N(CC(=O)O)C(=O)N(C)C1CCCCCC1. The number of carboxylic acid groups (broad SMARTS) is 1. The summed E-state index contributed by atoms with van der Waals surface area (Å²) in [6.07, 6.45) is 7.62. The van der Waals surface area contributed by atoms with Crippen molar-refractivity contribution in [1.82, 2.24) is 9.80 Å². The summed E-state index contributed by atoms with van der Waals surface area (Å²) in [5, 5.41) is 9.00. The van der Waals surface area contributed by atoms with Crippen LogP contribution in [0, 0.1) is 0 Å². The predicted molar refractivity (Wildman–Crippen MR) is 78.7 cm³/mol. The molecule has 2 amide bonds. The molecule has 0 aromatic carbocycles. The van der Waals surface area contributed by atoms with Gasteiger partial charge in [-0.1, -0.05) is 32.6 Å². The monoisotopic (exact) mass is 284 g/mol. The van der Waals surface area contributed by atoms with Gasteiger partial charge in [0.05, 0.1) is 0 Å². The quantitative estimate of drug-likeness (QED) is 0.790. The average molecular weight is 284 g/mol. The van der Waals surface area contributed by atoms with Gasteiger partial charge in [0.25, 0.3) is 0 Å². The van der Waals surface area contributed by atoms with E-state index in [4.69, 9.17) is 5.11 Å². The molecule has 1 rings (SSSR count). The lowest BCUT2D eigenvalue weighted by Crippen LogP contribution is -2.50. The maximum absolute atomic E-state index is 12.6. The number of rotatable bonds is 5. The van der Waals surface area contributed by atoms with Crippen LogP contribution in [0.2, 0.25) is 0 Å². The highest BCUT2D eigenvalue weighted by atomic mass is 16.4. The van der Waals surface area contributed by atoms with Crippen molar-refractivity contribution in [2.24, 2.45) is 0 Å². The van der Waals surface area contributed by atoms with Crippen molar-refractivity contribution in [3.8, 4) is 0 Å². The Kier molecular flexibility index (Phi) is 6.82. The molecule has 5 nitrogen and oxygen atoms in total. The molecule has 5 heteroatoms. The summed E-state index contributed by atoms with van der Waals surface area (Å²) in [6, 6.07) is 0.0610. The van der Waals surface area contributed by atoms with Gasteiger partial charge in [-0.2, -0.15) is 0 Å². The summed E-state index contributed by atoms with van der Waals surface area (Å²) in [5.41, 5.74) is 0. The van der Waals surface area contributed by atoms with Crippen molar-refractivity contribution in [2.45, 2.75) is 70.9 Å². The van der Waals surface area contributed by atoms with Gasteiger partial charge in [0.15, 0.2) is 0 Å². The Morgan fingerprint density at radius 1 is 1.20 bits per heavy atom. The van der Waals surface area contributed by atoms with E-state index in [1.165, 1.54) is 17.7 Å². The minimum absolute atomic E-state index is 0.0492. The Bertz CT molecular complexity index is 325. The molecule has 1 fully saturated rings. The molecule has 1 unspecified atom stereocenters. The maximum atomic E-state index is 12.6. The first-order chi connectivity index (χ1) is 9.47. The number of nitrogens with zero attached hydrogens (tertiary/aromatic N) is 2. The average Bonchev–Trinajstić information content (AvgIpc) is 2.71. The van der Waals surface area contributed by atoms with Crippen LogP contribution in [-0.2, 0) is 4.79 Å². The predicted octanol–water partition coefficient (Wildman–Crippen LogP) is 2.95. The highest BCUT2D eigenvalue weighted by Crippen LogP contribution is 2.22. The molecule has 0 heterocycles. The normalized spacial score (nSPS) is 18.1. The third kappa shape index (κ3) is 4.69. The number of carbonyl (C=O) groups excluding carboxylic acids is 1. The zero-order valence-electron chi connectivity index (χ0n) is 13.0. The van der Waals surface area contributed by atoms with Gasteiger partial charge in [0.1, 0.15) is 6.54 Å². The Morgan fingerprint density at radius 3 is 2.20 bits per heavy atom. The van der Waals surface area contributed by atoms with E-state index in [0.29, 0.717) is 0 Å². The molecule has 1 saturated carbocycles. The van der Waals surface area contributed by atoms with Crippen LogP contribution < -0.4 is 0 Å². The molecule has 0 aromatic rings. The van der Waals surface area contributed by atoms with Crippen LogP contribution in [0.5, 0.6) is 0 Å². The molecule has 0 saturated heterocycles. The van der Waals surface area contributed by atoms with Crippen LogP contribution in [0.15, 0.2) is 0 Å². The van der Waals surface area contributed by atoms with E-state index in [1.807, 2.05) is 20.9 Å². The fraction of sp³-hybridized carbons (Fsp3) is 0.867. The highest BCUT2D eigenvalue weighted by Gasteiger charge is 2.28. The number of carbonyl (C=O) groups is 2. The standard InChI is InChI=1S/C15H28N2O3/c1-4-12(2)17(11-14(18)19)15(20)16(3)13-9-7-5-6-8-10-13/h12-13H,4-11H2,1-3H3,(H,18,19). The van der Waals surface area contributed by atoms with Crippen molar-refractivity contribution in [3.05, 3.63) is 0 Å². The molecule has 116 valence electrons. The zero-order chi connectivity index (χ0) is 15.1. The lowest BCUT2D eigenvalue weighted by Gasteiger charge is -2.35. The van der Waals surface area contributed by atoms with Gasteiger partial charge in [0.2, 0.25) is 0 Å². The molecule has 0 radical (unpaired) electrons. The topological polar surface area (TPSA) is 60.9 Å². The van der Waals surface area contributed by atoms with Crippen LogP contribution in [-0.4, -0.2) is 52.6 Å². The second-order valence-corrected chi connectivity index (χ2v) is 5.82. The lowest BCUT2D eigenvalue weighted by atomic mass is 10.1. The fourth-order valence-electron chi connectivity index (χ4n) is 2.78. The lowest BCUT2D eigenvalue weighted by molar-refractivity contribution is -0.138. The van der Waals surface area contributed by atoms with E-state index < -0.39 is 5.97 Å². The van der Waals surface area contributed by atoms with Gasteiger partial charge < -0.3 is 14.9 Å². The number of aliphatic carboxylic acids is 1. The Hall–Kier alpha value is -1.26. The van der Waals surface area contributed by atoms with Crippen LogP contribution in [0.25, 0.3) is 0 Å². The molecule has 0 spiro atoms. The molecule has 1 aliphatic carbocycles. The molecule has 20 heavy (non-hydrogen) atoms. The van der Waals surface area contributed by atoms with Crippen LogP contribution in [0.1, 0.15) is 58.8 Å². The van der Waals surface area contributed by atoms with Gasteiger partial charge in [-0.3, -0.25) is 4.79 Å². The summed E-state index contributed by atoms with van der Waals surface area (Å²) in [4.78, 5) is 26.8. The van der Waals surface area contributed by atoms with Crippen molar-refractivity contribution in [1.29, 1.82) is 0 Å². The highest BCUT2D eigenvalue weighted by molar-refractivity contribution is 5.80. The summed E-state index contributed by atoms with van der Waals surface area (Å²) < 4.78 is 0. The molecule has 0 aromatic heterocycles. The first kappa shape index (κ1) is 16.8. The maximum Gasteiger partial charge on any atom is 0.323 e. The molecule has 1 aliphatic rings. The smallest absolute Gasteiger partial charge is 0.323 e. The van der Waals surface area contributed by atoms with E-state index in [0.717, 1.165) is 32.1 Å². The largest absolute Gasteiger partial charge is 0.480 e. The second kappa shape index (κ2) is 8.12. The summed E-state index contributed by atoms with van der Waals surface area (Å²) in [6.45, 7) is 3.66. The first-order valence-corrected chi connectivity index (χ1v) is 7.72. The van der Waals surface area contributed by atoms with Crippen LogP contribution in [0.4, 0.5) is 4.79 Å². The van der Waals surface area contributed by atoms with Crippen molar-refractivity contribution in [2.75, 3.05) is 13.6 Å². The van der Waals surface area contributed by atoms with Gasteiger partial charge in [-0.05, 0) is 26.2 Å². The van der Waals surface area contributed by atoms with Crippen LogP contribution in [0.3, 0.4) is 0 Å². The van der Waals surface area contributed by atoms with E-state index in [9.17, 15) is 9.59 Å². The number of urea groups is 1. The van der Waals surface area contributed by atoms with Gasteiger partial charge in [-0.15, -0.1) is 0 Å². The van der Waals surface area contributed by atoms with Crippen molar-refractivity contribution < 1.29 is 14.7 Å². The van der Waals surface area contributed by atoms with Crippen molar-refractivity contribution >= 4 is 12.0 Å². The zero-order valence-corrected chi connectivity index (χ0v) is 13.0. The van der Waals surface area contributed by atoms with Gasteiger partial charge in [-0.25, -0.2) is 4.79 Å². The second-order valence-electron chi connectivity index (χ2n) is 5.82. The minimum Gasteiger partial charge on any atom is -0.480 e. The molecular weight excluding hydrogens is 256 g/mol. The summed E-state index contributed by atoms with van der Waals surface area (Å²) in [7, 11) is 1.82. The number of amides is 2. The van der Waals surface area contributed by atoms with Crippen LogP contribution >= 0.6 is 0 Å². The third-order valence-corrected chi connectivity index (χ3v) is 4.35. The van der Waals surface area contributed by atoms with Crippen molar-refractivity contribution in [3.63, 3.8) is 0 Å².